The van der Waals surface area contributed by atoms with E-state index in [4.69, 9.17) is 9.47 Å². The molecule has 1 aromatic rings. The van der Waals surface area contributed by atoms with Gasteiger partial charge in [0, 0.05) is 5.69 Å². The monoisotopic (exact) mass is 291 g/mol. The lowest BCUT2D eigenvalue weighted by molar-refractivity contribution is -0.126. The Labute approximate surface area is 124 Å². The molecule has 0 heterocycles. The largest absolute Gasteiger partial charge is 0.462 e. The fraction of sp³-hybridized carbons (Fsp3) is 0.500. The molecule has 1 saturated carbocycles. The van der Waals surface area contributed by atoms with Gasteiger partial charge >= 0.3 is 5.97 Å². The van der Waals surface area contributed by atoms with E-state index >= 15 is 0 Å². The van der Waals surface area contributed by atoms with Gasteiger partial charge in [0.05, 0.1) is 18.8 Å². The SMILES string of the molecule is CCOC(=O)c1cccc(NC(=O)C(C)OCC2CC2)c1. The van der Waals surface area contributed by atoms with Gasteiger partial charge in [0.25, 0.3) is 5.91 Å². The molecule has 1 unspecified atom stereocenters. The molecule has 1 aromatic carbocycles. The van der Waals surface area contributed by atoms with Crippen molar-refractivity contribution in [1.29, 1.82) is 0 Å². The molecule has 114 valence electrons. The maximum Gasteiger partial charge on any atom is 0.338 e. The Kier molecular flexibility index (Phi) is 5.33. The van der Waals surface area contributed by atoms with Gasteiger partial charge in [0.1, 0.15) is 6.10 Å². The Hall–Kier alpha value is -1.88. The third kappa shape index (κ3) is 4.86. The van der Waals surface area contributed by atoms with Crippen LogP contribution in [0.15, 0.2) is 24.3 Å². The van der Waals surface area contributed by atoms with E-state index in [-0.39, 0.29) is 5.91 Å². The molecule has 1 N–H and O–H groups in total. The van der Waals surface area contributed by atoms with Gasteiger partial charge < -0.3 is 14.8 Å². The maximum absolute atomic E-state index is 12.0. The van der Waals surface area contributed by atoms with Crippen molar-refractivity contribution < 1.29 is 19.1 Å². The van der Waals surface area contributed by atoms with Gasteiger partial charge in [-0.15, -0.1) is 0 Å². The van der Waals surface area contributed by atoms with Crippen LogP contribution in [-0.4, -0.2) is 31.2 Å². The van der Waals surface area contributed by atoms with E-state index in [1.54, 1.807) is 38.1 Å². The molecule has 1 aliphatic rings. The Bertz CT molecular complexity index is 511. The third-order valence-electron chi connectivity index (χ3n) is 3.29. The number of hydrogen-bond acceptors (Lipinski definition) is 4. The van der Waals surface area contributed by atoms with Crippen molar-refractivity contribution in [2.45, 2.75) is 32.8 Å². The maximum atomic E-state index is 12.0. The number of nitrogens with one attached hydrogen (secondary N) is 1. The Balaban J connectivity index is 1.90. The van der Waals surface area contributed by atoms with Crippen LogP contribution in [0.25, 0.3) is 0 Å². The van der Waals surface area contributed by atoms with Gasteiger partial charge in [-0.3, -0.25) is 4.79 Å². The lowest BCUT2D eigenvalue weighted by Gasteiger charge is -2.13. The second kappa shape index (κ2) is 7.22. The van der Waals surface area contributed by atoms with Crippen LogP contribution in [0.5, 0.6) is 0 Å². The summed E-state index contributed by atoms with van der Waals surface area (Å²) in [7, 11) is 0. The quantitative estimate of drug-likeness (QED) is 0.784. The van der Waals surface area contributed by atoms with E-state index in [2.05, 4.69) is 5.32 Å². The van der Waals surface area contributed by atoms with E-state index in [1.807, 2.05) is 0 Å². The first-order valence-corrected chi connectivity index (χ1v) is 7.29. The fourth-order valence-corrected chi connectivity index (χ4v) is 1.82. The lowest BCUT2D eigenvalue weighted by Crippen LogP contribution is -2.28. The first kappa shape index (κ1) is 15.5. The molecule has 5 heteroatoms. The molecule has 1 aliphatic carbocycles. The summed E-state index contributed by atoms with van der Waals surface area (Å²) in [5.41, 5.74) is 0.980. The first-order valence-electron chi connectivity index (χ1n) is 7.29. The highest BCUT2D eigenvalue weighted by atomic mass is 16.5. The molecule has 0 saturated heterocycles. The zero-order valence-electron chi connectivity index (χ0n) is 12.4. The fourth-order valence-electron chi connectivity index (χ4n) is 1.82. The van der Waals surface area contributed by atoms with Crippen LogP contribution in [0.3, 0.4) is 0 Å². The highest BCUT2D eigenvalue weighted by Crippen LogP contribution is 2.29. The molecule has 0 radical (unpaired) electrons. The number of anilines is 1. The van der Waals surface area contributed by atoms with Gasteiger partial charge in [0.2, 0.25) is 0 Å². The van der Waals surface area contributed by atoms with Gasteiger partial charge in [-0.1, -0.05) is 6.07 Å². The van der Waals surface area contributed by atoms with Crippen LogP contribution in [0.4, 0.5) is 5.69 Å². The molecule has 1 fully saturated rings. The van der Waals surface area contributed by atoms with Crippen molar-refractivity contribution in [2.75, 3.05) is 18.5 Å². The second-order valence-corrected chi connectivity index (χ2v) is 5.21. The summed E-state index contributed by atoms with van der Waals surface area (Å²) >= 11 is 0. The molecule has 0 aromatic heterocycles. The van der Waals surface area contributed by atoms with Crippen LogP contribution in [0.2, 0.25) is 0 Å². The Morgan fingerprint density at radius 1 is 1.38 bits per heavy atom. The van der Waals surface area contributed by atoms with Crippen molar-refractivity contribution in [2.24, 2.45) is 5.92 Å². The van der Waals surface area contributed by atoms with Crippen LogP contribution in [0, 0.1) is 5.92 Å². The van der Waals surface area contributed by atoms with Crippen LogP contribution < -0.4 is 5.32 Å². The minimum atomic E-state index is -0.503. The van der Waals surface area contributed by atoms with Crippen LogP contribution in [0.1, 0.15) is 37.0 Å². The summed E-state index contributed by atoms with van der Waals surface area (Å²) in [6.45, 7) is 4.44. The molecule has 1 amide bonds. The second-order valence-electron chi connectivity index (χ2n) is 5.21. The molecule has 21 heavy (non-hydrogen) atoms. The lowest BCUT2D eigenvalue weighted by atomic mass is 10.2. The van der Waals surface area contributed by atoms with E-state index in [1.165, 1.54) is 12.8 Å². The molecule has 2 rings (SSSR count). The highest BCUT2D eigenvalue weighted by molar-refractivity contribution is 5.96. The van der Waals surface area contributed by atoms with Crippen LogP contribution >= 0.6 is 0 Å². The number of carbonyl (C=O) groups is 2. The predicted molar refractivity (Wildman–Crippen MR) is 79.2 cm³/mol. The predicted octanol–water partition coefficient (Wildman–Crippen LogP) is 2.62. The van der Waals surface area contributed by atoms with Gasteiger partial charge in [-0.25, -0.2) is 4.79 Å². The molecule has 5 nitrogen and oxygen atoms in total. The molecule has 0 aliphatic heterocycles. The first-order chi connectivity index (χ1) is 10.1. The van der Waals surface area contributed by atoms with Gasteiger partial charge in [-0.05, 0) is 50.8 Å². The Morgan fingerprint density at radius 2 is 2.14 bits per heavy atom. The van der Waals surface area contributed by atoms with Crippen LogP contribution in [-0.2, 0) is 14.3 Å². The zero-order valence-corrected chi connectivity index (χ0v) is 12.4. The number of amides is 1. The summed E-state index contributed by atoms with van der Waals surface area (Å²) in [6, 6.07) is 6.69. The molecular formula is C16H21NO4. The van der Waals surface area contributed by atoms with E-state index in [0.29, 0.717) is 30.4 Å². The van der Waals surface area contributed by atoms with Crippen molar-refractivity contribution in [3.63, 3.8) is 0 Å². The van der Waals surface area contributed by atoms with Crippen molar-refractivity contribution in [3.05, 3.63) is 29.8 Å². The van der Waals surface area contributed by atoms with Gasteiger partial charge in [0.15, 0.2) is 0 Å². The minimum Gasteiger partial charge on any atom is -0.462 e. The van der Waals surface area contributed by atoms with Crippen molar-refractivity contribution in [1.82, 2.24) is 0 Å². The standard InChI is InChI=1S/C16H21NO4/c1-3-20-16(19)13-5-4-6-14(9-13)17-15(18)11(2)21-10-12-7-8-12/h4-6,9,11-12H,3,7-8,10H2,1-2H3,(H,17,18). The molecule has 0 spiro atoms. The summed E-state index contributed by atoms with van der Waals surface area (Å²) in [5.74, 6) is 0.00989. The smallest absolute Gasteiger partial charge is 0.338 e. The number of rotatable bonds is 7. The number of ether oxygens (including phenoxy) is 2. The average Bonchev–Trinajstić information content (AvgIpc) is 3.29. The molecule has 1 atom stereocenters. The summed E-state index contributed by atoms with van der Waals surface area (Å²) in [6.07, 6.45) is 1.88. The van der Waals surface area contributed by atoms with Crippen molar-refractivity contribution in [3.8, 4) is 0 Å². The van der Waals surface area contributed by atoms with E-state index in [0.717, 1.165) is 0 Å². The van der Waals surface area contributed by atoms with Crippen molar-refractivity contribution >= 4 is 17.6 Å². The van der Waals surface area contributed by atoms with E-state index in [9.17, 15) is 9.59 Å². The molecular weight excluding hydrogens is 270 g/mol. The normalized spacial score (nSPS) is 15.3. The van der Waals surface area contributed by atoms with Gasteiger partial charge in [-0.2, -0.15) is 0 Å². The number of hydrogen-bond donors (Lipinski definition) is 1. The highest BCUT2D eigenvalue weighted by Gasteiger charge is 2.24. The summed E-state index contributed by atoms with van der Waals surface area (Å²) in [4.78, 5) is 23.6. The summed E-state index contributed by atoms with van der Waals surface area (Å²) in [5, 5.41) is 2.75. The Morgan fingerprint density at radius 3 is 2.81 bits per heavy atom. The average molecular weight is 291 g/mol. The minimum absolute atomic E-state index is 0.211. The zero-order chi connectivity index (χ0) is 15.2. The van der Waals surface area contributed by atoms with E-state index < -0.39 is 12.1 Å². The topological polar surface area (TPSA) is 64.6 Å². The number of esters is 1. The number of benzene rings is 1. The number of carbonyl (C=O) groups excluding carboxylic acids is 2. The third-order valence-corrected chi connectivity index (χ3v) is 3.29. The molecule has 0 bridgehead atoms. The summed E-state index contributed by atoms with van der Waals surface area (Å²) < 4.78 is 10.4.